The molecule has 0 fully saturated rings. The summed E-state index contributed by atoms with van der Waals surface area (Å²) in [7, 11) is -4.46. The van der Waals surface area contributed by atoms with E-state index in [2.05, 4.69) is 16.0 Å². The summed E-state index contributed by atoms with van der Waals surface area (Å²) in [6, 6.07) is 4.48. The maximum atomic E-state index is 13.1. The van der Waals surface area contributed by atoms with Crippen molar-refractivity contribution in [2.24, 2.45) is 4.40 Å². The zero-order valence-corrected chi connectivity index (χ0v) is 11.3. The number of alkyl halides is 4. The van der Waals surface area contributed by atoms with E-state index in [1.54, 1.807) is 0 Å². The number of halogens is 4. The van der Waals surface area contributed by atoms with Crippen LogP contribution in [0.3, 0.4) is 0 Å². The van der Waals surface area contributed by atoms with E-state index < -0.39 is 30.7 Å². The van der Waals surface area contributed by atoms with Gasteiger partial charge in [0.05, 0.1) is 0 Å². The van der Waals surface area contributed by atoms with Crippen molar-refractivity contribution in [3.05, 3.63) is 24.3 Å². The lowest BCUT2D eigenvalue weighted by Gasteiger charge is -2.16. The van der Waals surface area contributed by atoms with Gasteiger partial charge in [0.1, 0.15) is 4.90 Å². The van der Waals surface area contributed by atoms with Crippen LogP contribution < -0.4 is 0 Å². The molecule has 0 amide bonds. The van der Waals surface area contributed by atoms with Gasteiger partial charge in [-0.25, -0.2) is 9.18 Å². The van der Waals surface area contributed by atoms with Crippen molar-refractivity contribution in [2.45, 2.75) is 20.7 Å². The first kappa shape index (κ1) is 16.0. The summed E-state index contributed by atoms with van der Waals surface area (Å²) < 4.78 is 64.3. The van der Waals surface area contributed by atoms with E-state index in [1.165, 1.54) is 12.1 Å². The van der Waals surface area contributed by atoms with Crippen molar-refractivity contribution in [1.29, 1.82) is 0 Å². The highest BCUT2D eigenvalue weighted by Crippen LogP contribution is 2.43. The SMILES string of the molecule is O=C=NS(=O)(=O)c1ccccc1SC(F)(F)C(F)Cl. The summed E-state index contributed by atoms with van der Waals surface area (Å²) in [4.78, 5) is 8.86. The molecule has 104 valence electrons. The minimum absolute atomic E-state index is 0.376. The lowest BCUT2D eigenvalue weighted by molar-refractivity contribution is 0.0536. The average molecular weight is 332 g/mol. The standard InChI is InChI=1S/C9H5ClF3NO3S2/c10-8(11)9(12,13)18-6-3-1-2-4-7(6)19(16,17)14-5-15/h1-4,8H. The summed E-state index contributed by atoms with van der Waals surface area (Å²) in [5.41, 5.74) is -3.00. The molecule has 1 aromatic rings. The van der Waals surface area contributed by atoms with Crippen LogP contribution in [0.25, 0.3) is 0 Å². The average Bonchev–Trinajstić information content (AvgIpc) is 2.28. The number of rotatable bonds is 5. The van der Waals surface area contributed by atoms with E-state index in [0.717, 1.165) is 18.2 Å². The number of hydrogen-bond donors (Lipinski definition) is 0. The molecule has 0 aliphatic rings. The monoisotopic (exact) mass is 331 g/mol. The number of carbonyl (C=O) groups excluding carboxylic acids is 1. The number of hydrogen-bond acceptors (Lipinski definition) is 4. The van der Waals surface area contributed by atoms with E-state index in [9.17, 15) is 26.4 Å². The van der Waals surface area contributed by atoms with Crippen molar-refractivity contribution in [1.82, 2.24) is 0 Å². The van der Waals surface area contributed by atoms with Gasteiger partial charge >= 0.3 is 5.25 Å². The lowest BCUT2D eigenvalue weighted by Crippen LogP contribution is -2.21. The summed E-state index contributed by atoms with van der Waals surface area (Å²) in [6.45, 7) is 0. The van der Waals surface area contributed by atoms with Crippen LogP contribution in [0.4, 0.5) is 13.2 Å². The molecule has 4 nitrogen and oxygen atoms in total. The van der Waals surface area contributed by atoms with Crippen molar-refractivity contribution < 1.29 is 26.4 Å². The molecule has 0 saturated carbocycles. The third-order valence-electron chi connectivity index (χ3n) is 1.78. The van der Waals surface area contributed by atoms with Gasteiger partial charge < -0.3 is 0 Å². The Morgan fingerprint density at radius 2 is 1.95 bits per heavy atom. The molecule has 1 rings (SSSR count). The Labute approximate surface area is 115 Å². The highest BCUT2D eigenvalue weighted by atomic mass is 35.5. The molecule has 0 radical (unpaired) electrons. The van der Waals surface area contributed by atoms with Crippen molar-refractivity contribution in [2.75, 3.05) is 0 Å². The van der Waals surface area contributed by atoms with Gasteiger partial charge in [0.2, 0.25) is 5.63 Å². The maximum Gasteiger partial charge on any atom is 0.342 e. The molecule has 0 heterocycles. The van der Waals surface area contributed by atoms with E-state index in [1.807, 2.05) is 0 Å². The number of nitrogens with zero attached hydrogens (tertiary/aromatic N) is 1. The highest BCUT2D eigenvalue weighted by molar-refractivity contribution is 8.01. The molecule has 0 saturated heterocycles. The number of thioether (sulfide) groups is 1. The number of sulfonamides is 1. The van der Waals surface area contributed by atoms with Gasteiger partial charge in [-0.2, -0.15) is 17.2 Å². The van der Waals surface area contributed by atoms with Crippen LogP contribution in [0.15, 0.2) is 38.5 Å². The van der Waals surface area contributed by atoms with E-state index in [4.69, 9.17) is 0 Å². The molecular weight excluding hydrogens is 327 g/mol. The fourth-order valence-corrected chi connectivity index (χ4v) is 3.08. The maximum absolute atomic E-state index is 13.1. The normalized spacial score (nSPS) is 13.7. The Morgan fingerprint density at radius 1 is 1.37 bits per heavy atom. The van der Waals surface area contributed by atoms with E-state index in [0.29, 0.717) is 0 Å². The molecule has 0 spiro atoms. The predicted octanol–water partition coefficient (Wildman–Crippen LogP) is 2.93. The third kappa shape index (κ3) is 3.97. The largest absolute Gasteiger partial charge is 0.342 e. The third-order valence-corrected chi connectivity index (χ3v) is 4.60. The zero-order valence-electron chi connectivity index (χ0n) is 8.89. The first-order valence-electron chi connectivity index (χ1n) is 4.49. The van der Waals surface area contributed by atoms with Crippen LogP contribution in [0.5, 0.6) is 0 Å². The lowest BCUT2D eigenvalue weighted by atomic mass is 10.4. The molecule has 10 heteroatoms. The summed E-state index contributed by atoms with van der Waals surface area (Å²) in [5.74, 6) is 0. The number of benzene rings is 1. The minimum atomic E-state index is -4.46. The quantitative estimate of drug-likeness (QED) is 0.360. The van der Waals surface area contributed by atoms with Gasteiger partial charge in [-0.1, -0.05) is 28.1 Å². The van der Waals surface area contributed by atoms with Gasteiger partial charge in [-0.3, -0.25) is 0 Å². The summed E-state index contributed by atoms with van der Waals surface area (Å²) >= 11 is 4.30. The minimum Gasteiger partial charge on any atom is -0.222 e. The van der Waals surface area contributed by atoms with Crippen LogP contribution in [-0.4, -0.2) is 25.4 Å². The predicted molar refractivity (Wildman–Crippen MR) is 63.3 cm³/mol. The van der Waals surface area contributed by atoms with Crippen LogP contribution in [-0.2, 0) is 14.8 Å². The Hall–Kier alpha value is -1.02. The summed E-state index contributed by atoms with van der Waals surface area (Å²) in [6.07, 6.45) is 0.809. The van der Waals surface area contributed by atoms with Gasteiger partial charge in [0.15, 0.2) is 0 Å². The second kappa shape index (κ2) is 5.96. The van der Waals surface area contributed by atoms with Crippen molar-refractivity contribution in [3.63, 3.8) is 0 Å². The van der Waals surface area contributed by atoms with Gasteiger partial charge in [-0.05, 0) is 23.9 Å². The van der Waals surface area contributed by atoms with Crippen LogP contribution >= 0.6 is 23.4 Å². The molecular formula is C9H5ClF3NO3S2. The van der Waals surface area contributed by atoms with E-state index in [-0.39, 0.29) is 11.8 Å². The molecule has 0 N–H and O–H groups in total. The zero-order chi connectivity index (χ0) is 14.7. The topological polar surface area (TPSA) is 63.6 Å². The molecule has 1 atom stereocenters. The Bertz CT molecular complexity index is 615. The van der Waals surface area contributed by atoms with Crippen LogP contribution in [0.2, 0.25) is 0 Å². The first-order valence-corrected chi connectivity index (χ1v) is 7.18. The molecule has 0 aromatic heterocycles. The Kier molecular flexibility index (Phi) is 5.03. The Balaban J connectivity index is 3.29. The van der Waals surface area contributed by atoms with Crippen molar-refractivity contribution in [3.8, 4) is 0 Å². The Morgan fingerprint density at radius 3 is 2.47 bits per heavy atom. The molecule has 1 unspecified atom stereocenters. The van der Waals surface area contributed by atoms with Gasteiger partial charge in [0, 0.05) is 4.90 Å². The van der Waals surface area contributed by atoms with E-state index >= 15 is 0 Å². The van der Waals surface area contributed by atoms with Gasteiger partial charge in [0.25, 0.3) is 16.1 Å². The smallest absolute Gasteiger partial charge is 0.222 e. The summed E-state index contributed by atoms with van der Waals surface area (Å²) in [5, 5.41) is -4.03. The molecule has 0 aliphatic heterocycles. The molecule has 0 aliphatic carbocycles. The van der Waals surface area contributed by atoms with Crippen molar-refractivity contribution >= 4 is 39.5 Å². The van der Waals surface area contributed by atoms with Gasteiger partial charge in [-0.15, -0.1) is 0 Å². The van der Waals surface area contributed by atoms with Crippen LogP contribution in [0.1, 0.15) is 0 Å². The highest BCUT2D eigenvalue weighted by Gasteiger charge is 2.41. The second-order valence-electron chi connectivity index (χ2n) is 3.07. The molecule has 19 heavy (non-hydrogen) atoms. The molecule has 0 bridgehead atoms. The molecule has 1 aromatic carbocycles. The first-order chi connectivity index (χ1) is 8.70. The number of isocyanates is 1. The fraction of sp³-hybridized carbons (Fsp3) is 0.222. The van der Waals surface area contributed by atoms with Crippen LogP contribution in [0, 0.1) is 0 Å². The fourth-order valence-electron chi connectivity index (χ4n) is 1.04. The second-order valence-corrected chi connectivity index (χ2v) is 6.21.